The smallest absolute Gasteiger partial charge is 0.366 e. The van der Waals surface area contributed by atoms with Crippen molar-refractivity contribution in [2.45, 2.75) is 31.6 Å². The van der Waals surface area contributed by atoms with Gasteiger partial charge in [0.2, 0.25) is 5.91 Å². The van der Waals surface area contributed by atoms with Crippen molar-refractivity contribution < 1.29 is 31.1 Å². The number of amides is 1. The van der Waals surface area contributed by atoms with Gasteiger partial charge in [-0.15, -0.1) is 0 Å². The van der Waals surface area contributed by atoms with Crippen LogP contribution < -0.4 is 5.73 Å². The molecular weight excluding hydrogens is 432 g/mol. The van der Waals surface area contributed by atoms with Crippen LogP contribution in [0, 0.1) is 0 Å². The van der Waals surface area contributed by atoms with Crippen LogP contribution in [0.15, 0.2) is 66.7 Å². The molecule has 0 atom stereocenters. The van der Waals surface area contributed by atoms with Gasteiger partial charge in [-0.05, 0) is 71.8 Å². The Labute approximate surface area is 180 Å². The highest BCUT2D eigenvalue weighted by atomic mass is 19.4. The first-order valence-corrected chi connectivity index (χ1v) is 9.71. The van der Waals surface area contributed by atoms with Crippen LogP contribution in [0.4, 0.5) is 26.3 Å². The summed E-state index contributed by atoms with van der Waals surface area (Å²) in [7, 11) is 0. The zero-order valence-corrected chi connectivity index (χ0v) is 16.7. The molecule has 0 aliphatic carbocycles. The Balaban J connectivity index is 1.69. The van der Waals surface area contributed by atoms with Gasteiger partial charge < -0.3 is 5.73 Å². The van der Waals surface area contributed by atoms with E-state index in [9.17, 15) is 31.1 Å². The molecule has 3 rings (SSSR count). The van der Waals surface area contributed by atoms with E-state index in [0.717, 1.165) is 28.8 Å². The van der Waals surface area contributed by atoms with Crippen LogP contribution in [-0.4, -0.2) is 5.91 Å². The Kier molecular flexibility index (Phi) is 6.62. The number of benzene rings is 3. The second-order valence-corrected chi connectivity index (χ2v) is 7.41. The van der Waals surface area contributed by atoms with Crippen molar-refractivity contribution in [2.24, 2.45) is 5.73 Å². The molecule has 0 saturated carbocycles. The van der Waals surface area contributed by atoms with Crippen molar-refractivity contribution in [3.63, 3.8) is 0 Å². The number of rotatable bonds is 6. The molecule has 0 aliphatic rings. The van der Waals surface area contributed by atoms with E-state index in [1.165, 1.54) is 0 Å². The summed E-state index contributed by atoms with van der Waals surface area (Å²) in [5, 5.41) is 0. The third-order valence-corrected chi connectivity index (χ3v) is 5.01. The highest BCUT2D eigenvalue weighted by molar-refractivity contribution is 5.94. The van der Waals surface area contributed by atoms with Gasteiger partial charge >= 0.3 is 12.4 Å². The van der Waals surface area contributed by atoms with E-state index in [-0.39, 0.29) is 18.1 Å². The highest BCUT2D eigenvalue weighted by Gasteiger charge is 2.36. The predicted molar refractivity (Wildman–Crippen MR) is 109 cm³/mol. The average Bonchev–Trinajstić information content (AvgIpc) is 2.73. The molecule has 0 saturated heterocycles. The maximum Gasteiger partial charge on any atom is 0.416 e. The summed E-state index contributed by atoms with van der Waals surface area (Å²) in [6.07, 6.45) is -8.75. The summed E-state index contributed by atoms with van der Waals surface area (Å²) in [4.78, 5) is 11.3. The number of hydrogen-bond donors (Lipinski definition) is 1. The van der Waals surface area contributed by atoms with E-state index in [1.807, 2.05) is 30.3 Å². The first kappa shape index (κ1) is 23.4. The van der Waals surface area contributed by atoms with Crippen LogP contribution in [0.1, 0.15) is 39.0 Å². The maximum absolute atomic E-state index is 13.0. The van der Waals surface area contributed by atoms with Gasteiger partial charge in [-0.1, -0.05) is 36.4 Å². The first-order chi connectivity index (χ1) is 14.9. The Morgan fingerprint density at radius 2 is 1.25 bits per heavy atom. The molecule has 0 aliphatic heterocycles. The molecule has 0 spiro atoms. The number of hydrogen-bond acceptors (Lipinski definition) is 1. The Morgan fingerprint density at radius 3 is 1.78 bits per heavy atom. The number of carbonyl (C=O) groups is 1. The summed E-state index contributed by atoms with van der Waals surface area (Å²) >= 11 is 0. The lowest BCUT2D eigenvalue weighted by atomic mass is 9.97. The Morgan fingerprint density at radius 1 is 0.688 bits per heavy atom. The number of carbonyl (C=O) groups excluding carboxylic acids is 1. The number of alkyl halides is 6. The molecule has 3 aromatic rings. The molecule has 32 heavy (non-hydrogen) atoms. The van der Waals surface area contributed by atoms with Crippen LogP contribution in [0.3, 0.4) is 0 Å². The Hall–Kier alpha value is -3.29. The topological polar surface area (TPSA) is 43.1 Å². The molecule has 1 amide bonds. The van der Waals surface area contributed by atoms with Crippen LogP contribution in [0.5, 0.6) is 0 Å². The summed E-state index contributed by atoms with van der Waals surface area (Å²) in [6, 6.07) is 15.8. The minimum absolute atomic E-state index is 0.00737. The largest absolute Gasteiger partial charge is 0.416 e. The number of aryl methyl sites for hydroxylation is 2. The van der Waals surface area contributed by atoms with Crippen molar-refractivity contribution in [2.75, 3.05) is 0 Å². The van der Waals surface area contributed by atoms with Gasteiger partial charge in [-0.25, -0.2) is 0 Å². The lowest BCUT2D eigenvalue weighted by Gasteiger charge is -2.14. The van der Waals surface area contributed by atoms with Gasteiger partial charge in [0.25, 0.3) is 0 Å². The van der Waals surface area contributed by atoms with Gasteiger partial charge in [0.05, 0.1) is 11.1 Å². The summed E-state index contributed by atoms with van der Waals surface area (Å²) < 4.78 is 77.9. The highest BCUT2D eigenvalue weighted by Crippen LogP contribution is 2.36. The standard InChI is InChI=1S/C24H19F6NO/c25-23(26,27)20-11-16(12-21(14-20)24(28,29)30)4-1-3-15-7-9-17(10-8-15)18-5-2-6-19(13-18)22(31)32/h2,5-14H,1,3-4H2,(H2,31,32). The van der Waals surface area contributed by atoms with Gasteiger partial charge in [0, 0.05) is 5.56 Å². The second-order valence-electron chi connectivity index (χ2n) is 7.41. The summed E-state index contributed by atoms with van der Waals surface area (Å²) in [6.45, 7) is 0. The van der Waals surface area contributed by atoms with Crippen molar-refractivity contribution in [3.8, 4) is 11.1 Å². The molecule has 2 nitrogen and oxygen atoms in total. The molecule has 2 N–H and O–H groups in total. The molecule has 0 unspecified atom stereocenters. The van der Waals surface area contributed by atoms with Crippen LogP contribution in [0.25, 0.3) is 11.1 Å². The lowest BCUT2D eigenvalue weighted by molar-refractivity contribution is -0.143. The van der Waals surface area contributed by atoms with E-state index in [4.69, 9.17) is 5.73 Å². The first-order valence-electron chi connectivity index (χ1n) is 9.71. The molecule has 3 aromatic carbocycles. The molecule has 8 heteroatoms. The van der Waals surface area contributed by atoms with E-state index in [2.05, 4.69) is 0 Å². The zero-order chi connectivity index (χ0) is 23.5. The van der Waals surface area contributed by atoms with Crippen molar-refractivity contribution in [1.29, 1.82) is 0 Å². The minimum Gasteiger partial charge on any atom is -0.366 e. The SMILES string of the molecule is NC(=O)c1cccc(-c2ccc(CCCc3cc(C(F)(F)F)cc(C(F)(F)F)c3)cc2)c1. The molecule has 0 fully saturated rings. The van der Waals surface area contributed by atoms with E-state index < -0.39 is 29.4 Å². The van der Waals surface area contributed by atoms with E-state index in [0.29, 0.717) is 18.4 Å². The fourth-order valence-electron chi connectivity index (χ4n) is 3.38. The third kappa shape index (κ3) is 5.90. The predicted octanol–water partition coefficient (Wildman–Crippen LogP) is 6.67. The number of nitrogens with two attached hydrogens (primary N) is 1. The van der Waals surface area contributed by atoms with Gasteiger partial charge in [0.15, 0.2) is 0 Å². The molecule has 0 heterocycles. The third-order valence-electron chi connectivity index (χ3n) is 5.01. The molecule has 168 valence electrons. The van der Waals surface area contributed by atoms with Crippen molar-refractivity contribution in [3.05, 3.63) is 94.5 Å². The summed E-state index contributed by atoms with van der Waals surface area (Å²) in [5.74, 6) is -0.535. The fourth-order valence-corrected chi connectivity index (χ4v) is 3.38. The van der Waals surface area contributed by atoms with Gasteiger partial charge in [-0.2, -0.15) is 26.3 Å². The molecule has 0 aromatic heterocycles. The maximum atomic E-state index is 13.0. The fraction of sp³-hybridized carbons (Fsp3) is 0.208. The van der Waals surface area contributed by atoms with Crippen LogP contribution >= 0.6 is 0 Å². The monoisotopic (exact) mass is 451 g/mol. The number of primary amides is 1. The van der Waals surface area contributed by atoms with Crippen molar-refractivity contribution in [1.82, 2.24) is 0 Å². The van der Waals surface area contributed by atoms with Crippen LogP contribution in [0.2, 0.25) is 0 Å². The molecular formula is C24H19F6NO. The molecule has 0 bridgehead atoms. The van der Waals surface area contributed by atoms with Crippen LogP contribution in [-0.2, 0) is 25.2 Å². The second kappa shape index (κ2) is 9.06. The van der Waals surface area contributed by atoms with E-state index >= 15 is 0 Å². The number of halogens is 6. The average molecular weight is 451 g/mol. The zero-order valence-electron chi connectivity index (χ0n) is 16.7. The van der Waals surface area contributed by atoms with Crippen molar-refractivity contribution >= 4 is 5.91 Å². The Bertz CT molecular complexity index is 1070. The molecule has 0 radical (unpaired) electrons. The lowest BCUT2D eigenvalue weighted by Crippen LogP contribution is -2.12. The quantitative estimate of drug-likeness (QED) is 0.418. The summed E-state index contributed by atoms with van der Waals surface area (Å²) in [5.41, 5.74) is 5.61. The normalized spacial score (nSPS) is 12.1. The van der Waals surface area contributed by atoms with Gasteiger partial charge in [0.1, 0.15) is 0 Å². The van der Waals surface area contributed by atoms with Gasteiger partial charge in [-0.3, -0.25) is 4.79 Å². The van der Waals surface area contributed by atoms with E-state index in [1.54, 1.807) is 18.2 Å². The minimum atomic E-state index is -4.85.